The maximum Gasteiger partial charge on any atom is 0.321 e. The first-order valence-electron chi connectivity index (χ1n) is 10.8. The van der Waals surface area contributed by atoms with Crippen molar-refractivity contribution in [2.75, 3.05) is 63.6 Å². The molecule has 0 radical (unpaired) electrons. The molecule has 1 fully saturated rings. The molecule has 0 atom stereocenters. The minimum atomic E-state index is -0.428. The maximum atomic E-state index is 14.3. The number of hydrogen-bond acceptors (Lipinski definition) is 7. The highest BCUT2D eigenvalue weighted by Gasteiger charge is 2.15. The predicted octanol–water partition coefficient (Wildman–Crippen LogP) is 4.01. The molecule has 1 aliphatic rings. The van der Waals surface area contributed by atoms with Crippen LogP contribution >= 0.6 is 22.9 Å². The number of amides is 2. The van der Waals surface area contributed by atoms with Crippen LogP contribution in [0.2, 0.25) is 5.02 Å². The largest absolute Gasteiger partial charge is 0.338 e. The molecule has 1 aliphatic heterocycles. The Balaban J connectivity index is 1.31. The minimum absolute atomic E-state index is 0.284. The Morgan fingerprint density at radius 3 is 2.76 bits per heavy atom. The molecule has 3 heterocycles. The lowest BCUT2D eigenvalue weighted by Gasteiger charge is -2.32. The van der Waals surface area contributed by atoms with Gasteiger partial charge in [0.05, 0.1) is 5.69 Å². The number of rotatable bonds is 7. The van der Waals surface area contributed by atoms with E-state index in [0.29, 0.717) is 38.6 Å². The number of likely N-dealkylation sites (N-methyl/N-ethyl adjacent to an activating group) is 1. The van der Waals surface area contributed by atoms with Gasteiger partial charge in [0.15, 0.2) is 5.13 Å². The van der Waals surface area contributed by atoms with E-state index in [4.69, 9.17) is 11.6 Å². The summed E-state index contributed by atoms with van der Waals surface area (Å²) in [5, 5.41) is 6.47. The van der Waals surface area contributed by atoms with Crippen LogP contribution in [0, 0.1) is 5.82 Å². The van der Waals surface area contributed by atoms with Gasteiger partial charge in [-0.15, -0.1) is 0 Å². The van der Waals surface area contributed by atoms with Gasteiger partial charge >= 0.3 is 6.03 Å². The summed E-state index contributed by atoms with van der Waals surface area (Å²) in [5.74, 6) is 0.134. The number of anilines is 3. The van der Waals surface area contributed by atoms with Gasteiger partial charge in [-0.3, -0.25) is 5.32 Å². The van der Waals surface area contributed by atoms with Crippen LogP contribution in [0.4, 0.5) is 25.8 Å². The van der Waals surface area contributed by atoms with Gasteiger partial charge in [-0.2, -0.15) is 0 Å². The number of nitrogens with zero attached hydrogens (tertiary/aromatic N) is 5. The Hall–Kier alpha value is -2.53. The van der Waals surface area contributed by atoms with Crippen molar-refractivity contribution < 1.29 is 9.18 Å². The molecule has 2 N–H and O–H groups in total. The molecule has 2 amide bonds. The third-order valence-electron chi connectivity index (χ3n) is 5.61. The van der Waals surface area contributed by atoms with Crippen LogP contribution in [0.25, 0.3) is 10.3 Å². The Bertz CT molecular complexity index is 1120. The lowest BCUT2D eigenvalue weighted by atomic mass is 10.2. The number of aromatic nitrogens is 2. The lowest BCUT2D eigenvalue weighted by Crippen LogP contribution is -2.45. The third-order valence-corrected chi connectivity index (χ3v) is 6.72. The number of nitrogens with one attached hydrogen (secondary N) is 2. The van der Waals surface area contributed by atoms with Crippen molar-refractivity contribution in [2.24, 2.45) is 0 Å². The van der Waals surface area contributed by atoms with Gasteiger partial charge in [0.1, 0.15) is 22.0 Å². The number of carbonyl (C=O) groups excluding carboxylic acids is 1. The first kappa shape index (κ1) is 23.6. The molecular weight excluding hydrogens is 465 g/mol. The van der Waals surface area contributed by atoms with Gasteiger partial charge in [-0.05, 0) is 50.3 Å². The van der Waals surface area contributed by atoms with Crippen LogP contribution in [0.5, 0.6) is 0 Å². The zero-order chi connectivity index (χ0) is 23.4. The van der Waals surface area contributed by atoms with Crippen molar-refractivity contribution in [1.29, 1.82) is 0 Å². The van der Waals surface area contributed by atoms with Crippen molar-refractivity contribution in [3.8, 4) is 0 Å². The van der Waals surface area contributed by atoms with Crippen molar-refractivity contribution in [1.82, 2.24) is 25.1 Å². The smallest absolute Gasteiger partial charge is 0.321 e. The van der Waals surface area contributed by atoms with E-state index in [9.17, 15) is 9.18 Å². The van der Waals surface area contributed by atoms with Gasteiger partial charge in [-0.1, -0.05) is 22.9 Å². The van der Waals surface area contributed by atoms with Gasteiger partial charge in [0.2, 0.25) is 0 Å². The number of pyridine rings is 1. The highest BCUT2D eigenvalue weighted by molar-refractivity contribution is 7.22. The topological polar surface area (TPSA) is 76.6 Å². The number of hydrogen-bond donors (Lipinski definition) is 2. The zero-order valence-corrected chi connectivity index (χ0v) is 20.2. The number of piperazine rings is 1. The fourth-order valence-electron chi connectivity index (χ4n) is 3.64. The molecule has 8 nitrogen and oxygen atoms in total. The number of thiazole rings is 1. The summed E-state index contributed by atoms with van der Waals surface area (Å²) in [6.07, 6.45) is 0.898. The van der Waals surface area contributed by atoms with Gasteiger partial charge in [-0.25, -0.2) is 19.2 Å². The van der Waals surface area contributed by atoms with Crippen LogP contribution in [0.15, 0.2) is 30.3 Å². The van der Waals surface area contributed by atoms with Gasteiger partial charge < -0.3 is 20.0 Å². The van der Waals surface area contributed by atoms with Gasteiger partial charge in [0, 0.05) is 44.8 Å². The van der Waals surface area contributed by atoms with Crippen molar-refractivity contribution in [3.63, 3.8) is 0 Å². The minimum Gasteiger partial charge on any atom is -0.338 e. The molecule has 4 rings (SSSR count). The summed E-state index contributed by atoms with van der Waals surface area (Å²) in [6.45, 7) is 5.90. The van der Waals surface area contributed by atoms with E-state index in [-0.39, 0.29) is 6.03 Å². The molecular formula is C22H27ClFN7OS. The Labute approximate surface area is 201 Å². The Kier molecular flexibility index (Phi) is 7.59. The summed E-state index contributed by atoms with van der Waals surface area (Å²) in [6, 6.07) is 7.79. The summed E-state index contributed by atoms with van der Waals surface area (Å²) in [4.78, 5) is 28.3. The second kappa shape index (κ2) is 10.6. The Morgan fingerprint density at radius 1 is 1.21 bits per heavy atom. The zero-order valence-electron chi connectivity index (χ0n) is 18.6. The van der Waals surface area contributed by atoms with Crippen molar-refractivity contribution >= 4 is 56.0 Å². The normalized spacial score (nSPS) is 15.0. The molecule has 3 aromatic rings. The van der Waals surface area contributed by atoms with E-state index < -0.39 is 5.82 Å². The average molecular weight is 492 g/mol. The quantitative estimate of drug-likeness (QED) is 0.486. The number of urea groups is 1. The number of fused-ring (bicyclic) bond motifs is 1. The molecule has 0 unspecified atom stereocenters. The van der Waals surface area contributed by atoms with E-state index in [1.807, 2.05) is 0 Å². The molecule has 176 valence electrons. The maximum absolute atomic E-state index is 14.3. The second-order valence-corrected chi connectivity index (χ2v) is 9.46. The SMILES string of the molecule is CN1CCN(CCCNC(=O)Nc2nc3ccc(N(C)c4ccc(Cl)cc4F)nc3s2)CC1. The molecule has 2 aromatic heterocycles. The first-order chi connectivity index (χ1) is 15.9. The van der Waals surface area contributed by atoms with E-state index in [2.05, 4.69) is 37.4 Å². The standard InChI is InChI=1S/C22H27ClFN7OS/c1-29-10-12-31(13-11-29)9-3-8-25-21(32)28-22-26-17-5-7-19(27-20(17)33-22)30(2)18-6-4-15(23)14-16(18)24/h4-7,14H,3,8-13H2,1-2H3,(H2,25,26,28,32). The van der Waals surface area contributed by atoms with Crippen LogP contribution in [0.1, 0.15) is 6.42 Å². The molecule has 0 aliphatic carbocycles. The van der Waals surface area contributed by atoms with Crippen LogP contribution in [-0.4, -0.2) is 79.2 Å². The molecule has 33 heavy (non-hydrogen) atoms. The number of benzene rings is 1. The molecule has 1 saturated heterocycles. The monoisotopic (exact) mass is 491 g/mol. The average Bonchev–Trinajstić information content (AvgIpc) is 3.19. The van der Waals surface area contributed by atoms with Crippen LogP contribution in [-0.2, 0) is 0 Å². The van der Waals surface area contributed by atoms with E-state index in [0.717, 1.165) is 39.1 Å². The van der Waals surface area contributed by atoms with E-state index in [1.54, 1.807) is 36.2 Å². The van der Waals surface area contributed by atoms with Gasteiger partial charge in [0.25, 0.3) is 0 Å². The molecule has 0 saturated carbocycles. The second-order valence-electron chi connectivity index (χ2n) is 8.05. The Morgan fingerprint density at radius 2 is 2.00 bits per heavy atom. The lowest BCUT2D eigenvalue weighted by molar-refractivity contribution is 0.153. The molecule has 0 bridgehead atoms. The summed E-state index contributed by atoms with van der Waals surface area (Å²) in [7, 11) is 3.87. The molecule has 1 aromatic carbocycles. The fourth-order valence-corrected chi connectivity index (χ4v) is 4.63. The first-order valence-corrected chi connectivity index (χ1v) is 12.0. The third kappa shape index (κ3) is 6.08. The predicted molar refractivity (Wildman–Crippen MR) is 132 cm³/mol. The fraction of sp³-hybridized carbons (Fsp3) is 0.409. The van der Waals surface area contributed by atoms with Crippen LogP contribution in [0.3, 0.4) is 0 Å². The summed E-state index contributed by atoms with van der Waals surface area (Å²) in [5.41, 5.74) is 1.03. The highest BCUT2D eigenvalue weighted by Crippen LogP contribution is 2.30. The molecule has 0 spiro atoms. The molecule has 11 heteroatoms. The number of carbonyl (C=O) groups is 1. The van der Waals surface area contributed by atoms with E-state index in [1.165, 1.54) is 17.4 Å². The van der Waals surface area contributed by atoms with Crippen molar-refractivity contribution in [2.45, 2.75) is 6.42 Å². The highest BCUT2D eigenvalue weighted by atomic mass is 35.5. The van der Waals surface area contributed by atoms with Crippen molar-refractivity contribution in [3.05, 3.63) is 41.2 Å². The summed E-state index contributed by atoms with van der Waals surface area (Å²) >= 11 is 7.12. The van der Waals surface area contributed by atoms with Crippen LogP contribution < -0.4 is 15.5 Å². The number of halogens is 2. The summed E-state index contributed by atoms with van der Waals surface area (Å²) < 4.78 is 14.3. The van der Waals surface area contributed by atoms with E-state index >= 15 is 0 Å².